The molecule has 1 heterocycles. The van der Waals surface area contributed by atoms with E-state index in [0.29, 0.717) is 30.2 Å². The van der Waals surface area contributed by atoms with Crippen molar-refractivity contribution in [1.29, 1.82) is 0 Å². The molecule has 2 atom stereocenters. The maximum atomic E-state index is 13.1. The molecule has 1 fully saturated rings. The number of hydrogen-bond donors (Lipinski definition) is 1. The summed E-state index contributed by atoms with van der Waals surface area (Å²) in [7, 11) is 1.52. The fourth-order valence-electron chi connectivity index (χ4n) is 3.82. The van der Waals surface area contributed by atoms with Crippen LogP contribution in [0.25, 0.3) is 0 Å². The van der Waals surface area contributed by atoms with Gasteiger partial charge in [-0.3, -0.25) is 9.69 Å². The largest absolute Gasteiger partial charge is 0.493 e. The van der Waals surface area contributed by atoms with Gasteiger partial charge in [-0.2, -0.15) is 0 Å². The zero-order valence-corrected chi connectivity index (χ0v) is 17.7. The van der Waals surface area contributed by atoms with Gasteiger partial charge in [-0.15, -0.1) is 0 Å². The Labute approximate surface area is 176 Å². The number of hydrogen-bond acceptors (Lipinski definition) is 5. The molecule has 2 aromatic carbocycles. The highest BCUT2D eigenvalue weighted by Crippen LogP contribution is 2.31. The third-order valence-corrected chi connectivity index (χ3v) is 5.53. The van der Waals surface area contributed by atoms with Crippen LogP contribution >= 0.6 is 0 Å². The summed E-state index contributed by atoms with van der Waals surface area (Å²) in [5.74, 6) is 0.534. The van der Waals surface area contributed by atoms with Crippen LogP contribution in [-0.4, -0.2) is 59.7 Å². The van der Waals surface area contributed by atoms with Gasteiger partial charge in [0.2, 0.25) is 0 Å². The maximum absolute atomic E-state index is 13.1. The van der Waals surface area contributed by atoms with Crippen LogP contribution in [0.4, 0.5) is 4.39 Å². The Morgan fingerprint density at radius 2 is 1.87 bits per heavy atom. The summed E-state index contributed by atoms with van der Waals surface area (Å²) in [6, 6.07) is 12.0. The Bertz CT molecular complexity index is 837. The molecule has 0 aliphatic carbocycles. The molecule has 162 valence electrons. The molecule has 0 radical (unpaired) electrons. The summed E-state index contributed by atoms with van der Waals surface area (Å²) in [6.45, 7) is 5.80. The highest BCUT2D eigenvalue weighted by molar-refractivity contribution is 5.78. The monoisotopic (exact) mass is 416 g/mol. The van der Waals surface area contributed by atoms with Crippen molar-refractivity contribution in [3.63, 3.8) is 0 Å². The first kappa shape index (κ1) is 22.1. The van der Waals surface area contributed by atoms with E-state index >= 15 is 0 Å². The average molecular weight is 416 g/mol. The Balaban J connectivity index is 1.61. The lowest BCUT2D eigenvalue weighted by molar-refractivity contribution is -0.139. The number of para-hydroxylation sites is 1. The number of methoxy groups -OCH3 is 1. The zero-order valence-electron chi connectivity index (χ0n) is 17.7. The van der Waals surface area contributed by atoms with Gasteiger partial charge >= 0.3 is 0 Å². The molecule has 30 heavy (non-hydrogen) atoms. The molecule has 1 amide bonds. The van der Waals surface area contributed by atoms with Crippen LogP contribution in [0.15, 0.2) is 42.5 Å². The molecule has 6 nitrogen and oxygen atoms in total. The molecule has 3 rings (SSSR count). The summed E-state index contributed by atoms with van der Waals surface area (Å²) in [6.07, 6.45) is 0. The lowest BCUT2D eigenvalue weighted by Gasteiger charge is -2.44. The smallest absolute Gasteiger partial charge is 0.260 e. The summed E-state index contributed by atoms with van der Waals surface area (Å²) < 4.78 is 24.2. The maximum Gasteiger partial charge on any atom is 0.260 e. The molecule has 0 bridgehead atoms. The van der Waals surface area contributed by atoms with E-state index in [9.17, 15) is 14.3 Å². The standard InChI is InChI=1S/C23H29FN2O4/c1-16-12-26(17(2)11-25(16)13-18-7-9-20(24)10-8-18)22(28)15-30-23-19(14-27)5-4-6-21(23)29-3/h4-10,16-17,27H,11-15H2,1-3H3/t16-,17+/m1/s1. The van der Waals surface area contributed by atoms with Crippen molar-refractivity contribution < 1.29 is 23.8 Å². The number of aliphatic hydroxyl groups excluding tert-OH is 1. The van der Waals surface area contributed by atoms with Crippen LogP contribution in [-0.2, 0) is 17.9 Å². The number of halogens is 1. The van der Waals surface area contributed by atoms with E-state index in [4.69, 9.17) is 9.47 Å². The van der Waals surface area contributed by atoms with Crippen molar-refractivity contribution in [2.45, 2.75) is 39.1 Å². The van der Waals surface area contributed by atoms with Gasteiger partial charge in [0.15, 0.2) is 18.1 Å². The Morgan fingerprint density at radius 3 is 2.53 bits per heavy atom. The summed E-state index contributed by atoms with van der Waals surface area (Å²) in [4.78, 5) is 17.0. The highest BCUT2D eigenvalue weighted by Gasteiger charge is 2.32. The molecule has 1 aliphatic heterocycles. The van der Waals surface area contributed by atoms with Gasteiger partial charge in [0, 0.05) is 37.3 Å². The minimum absolute atomic E-state index is 0.0210. The molecule has 7 heteroatoms. The Hall–Kier alpha value is -2.64. The second-order valence-corrected chi connectivity index (χ2v) is 7.70. The summed E-state index contributed by atoms with van der Waals surface area (Å²) >= 11 is 0. The van der Waals surface area contributed by atoms with Gasteiger partial charge in [0.1, 0.15) is 5.82 Å². The van der Waals surface area contributed by atoms with Crippen LogP contribution in [0.2, 0.25) is 0 Å². The molecule has 1 aliphatic rings. The number of benzene rings is 2. The summed E-state index contributed by atoms with van der Waals surface area (Å²) in [5, 5.41) is 9.54. The molecular formula is C23H29FN2O4. The van der Waals surface area contributed by atoms with E-state index in [1.54, 1.807) is 30.3 Å². The molecule has 0 spiro atoms. The normalized spacial score (nSPS) is 19.6. The Kier molecular flexibility index (Phi) is 7.29. The first-order chi connectivity index (χ1) is 14.4. The lowest BCUT2D eigenvalue weighted by Crippen LogP contribution is -2.58. The first-order valence-corrected chi connectivity index (χ1v) is 10.1. The number of ether oxygens (including phenoxy) is 2. The predicted molar refractivity (Wildman–Crippen MR) is 112 cm³/mol. The molecule has 1 saturated heterocycles. The van der Waals surface area contributed by atoms with Crippen LogP contribution in [0.3, 0.4) is 0 Å². The van der Waals surface area contributed by atoms with E-state index in [-0.39, 0.29) is 37.0 Å². The number of carbonyl (C=O) groups excluding carboxylic acids is 1. The molecule has 0 unspecified atom stereocenters. The van der Waals surface area contributed by atoms with Gasteiger partial charge < -0.3 is 19.5 Å². The van der Waals surface area contributed by atoms with Gasteiger partial charge in [-0.25, -0.2) is 4.39 Å². The van der Waals surface area contributed by atoms with Gasteiger partial charge in [0.25, 0.3) is 5.91 Å². The number of piperazine rings is 1. The molecular weight excluding hydrogens is 387 g/mol. The van der Waals surface area contributed by atoms with Crippen molar-refractivity contribution in [2.75, 3.05) is 26.8 Å². The molecule has 0 aromatic heterocycles. The van der Waals surface area contributed by atoms with Crippen molar-refractivity contribution >= 4 is 5.91 Å². The van der Waals surface area contributed by atoms with Crippen LogP contribution in [0.5, 0.6) is 11.5 Å². The van der Waals surface area contributed by atoms with Crippen molar-refractivity contribution in [3.05, 3.63) is 59.4 Å². The van der Waals surface area contributed by atoms with Gasteiger partial charge in [-0.1, -0.05) is 24.3 Å². The number of nitrogens with zero attached hydrogens (tertiary/aromatic N) is 2. The molecule has 2 aromatic rings. The van der Waals surface area contributed by atoms with Crippen molar-refractivity contribution in [2.24, 2.45) is 0 Å². The molecule has 0 saturated carbocycles. The fourth-order valence-corrected chi connectivity index (χ4v) is 3.82. The van der Waals surface area contributed by atoms with E-state index in [1.807, 2.05) is 11.8 Å². The Morgan fingerprint density at radius 1 is 1.13 bits per heavy atom. The fraction of sp³-hybridized carbons (Fsp3) is 0.435. The van der Waals surface area contributed by atoms with E-state index in [2.05, 4.69) is 11.8 Å². The number of carbonyl (C=O) groups is 1. The highest BCUT2D eigenvalue weighted by atomic mass is 19.1. The minimum Gasteiger partial charge on any atom is -0.493 e. The quantitative estimate of drug-likeness (QED) is 0.752. The second kappa shape index (κ2) is 9.91. The van der Waals surface area contributed by atoms with Crippen LogP contribution in [0.1, 0.15) is 25.0 Å². The third kappa shape index (κ3) is 5.09. The predicted octanol–water partition coefficient (Wildman–Crippen LogP) is 2.83. The SMILES string of the molecule is COc1cccc(CO)c1OCC(=O)N1C[C@@H](C)N(Cc2ccc(F)cc2)C[C@@H]1C. The van der Waals surface area contributed by atoms with Crippen LogP contribution < -0.4 is 9.47 Å². The second-order valence-electron chi connectivity index (χ2n) is 7.70. The third-order valence-electron chi connectivity index (χ3n) is 5.53. The van der Waals surface area contributed by atoms with Crippen molar-refractivity contribution in [3.8, 4) is 11.5 Å². The molecule has 1 N–H and O–H groups in total. The van der Waals surface area contributed by atoms with Crippen molar-refractivity contribution in [1.82, 2.24) is 9.80 Å². The topological polar surface area (TPSA) is 62.2 Å². The summed E-state index contributed by atoms with van der Waals surface area (Å²) in [5.41, 5.74) is 1.62. The van der Waals surface area contributed by atoms with E-state index < -0.39 is 0 Å². The number of amides is 1. The van der Waals surface area contributed by atoms with Crippen LogP contribution in [0, 0.1) is 5.82 Å². The minimum atomic E-state index is -0.241. The van der Waals surface area contributed by atoms with Gasteiger partial charge in [-0.05, 0) is 37.6 Å². The van der Waals surface area contributed by atoms with Gasteiger partial charge in [0.05, 0.1) is 13.7 Å². The zero-order chi connectivity index (χ0) is 21.7. The van der Waals surface area contributed by atoms with E-state index in [1.165, 1.54) is 19.2 Å². The van der Waals surface area contributed by atoms with E-state index in [0.717, 1.165) is 12.1 Å². The lowest BCUT2D eigenvalue weighted by atomic mass is 10.1. The number of rotatable bonds is 7. The number of aliphatic hydroxyl groups is 1. The first-order valence-electron chi connectivity index (χ1n) is 10.1. The average Bonchev–Trinajstić information content (AvgIpc) is 2.75.